The predicted octanol–water partition coefficient (Wildman–Crippen LogP) is 3.69. The zero-order valence-electron chi connectivity index (χ0n) is 10.4. The van der Waals surface area contributed by atoms with Crippen molar-refractivity contribution in [3.63, 3.8) is 0 Å². The first-order chi connectivity index (χ1) is 7.11. The Morgan fingerprint density at radius 3 is 2.07 bits per heavy atom. The summed E-state index contributed by atoms with van der Waals surface area (Å²) < 4.78 is 5.25. The molecule has 0 atom stereocenters. The lowest BCUT2D eigenvalue weighted by Crippen LogP contribution is -2.18. The molecule has 0 saturated heterocycles. The van der Waals surface area contributed by atoms with Crippen molar-refractivity contribution in [1.29, 1.82) is 0 Å². The number of aromatic nitrogens is 1. The Kier molecular flexibility index (Phi) is 7.57. The van der Waals surface area contributed by atoms with E-state index in [0.29, 0.717) is 17.8 Å². The first-order valence-corrected chi connectivity index (χ1v) is 6.33. The molecule has 1 rings (SSSR count). The van der Waals surface area contributed by atoms with Gasteiger partial charge in [0.15, 0.2) is 5.89 Å². The van der Waals surface area contributed by atoms with E-state index < -0.39 is 0 Å². The summed E-state index contributed by atoms with van der Waals surface area (Å²) in [6.45, 7) is 9.03. The fourth-order valence-corrected chi connectivity index (χ4v) is 1.80. The van der Waals surface area contributed by atoms with Crippen LogP contribution in [0.25, 0.3) is 0 Å². The molecule has 0 bridgehead atoms. The number of hydrogen-bond donors (Lipinski definition) is 1. The van der Waals surface area contributed by atoms with Gasteiger partial charge in [-0.1, -0.05) is 27.7 Å². The molecule has 0 spiro atoms. The van der Waals surface area contributed by atoms with Gasteiger partial charge >= 0.3 is 0 Å². The van der Waals surface area contributed by atoms with Gasteiger partial charge < -0.3 is 4.42 Å². The van der Waals surface area contributed by atoms with E-state index in [0.717, 1.165) is 12.3 Å². The van der Waals surface area contributed by atoms with E-state index in [1.165, 1.54) is 0 Å². The van der Waals surface area contributed by atoms with Gasteiger partial charge in [-0.2, -0.15) is 12.6 Å². The normalized spacial score (nSPS) is 10.7. The van der Waals surface area contributed by atoms with Gasteiger partial charge in [-0.25, -0.2) is 4.98 Å². The average Bonchev–Trinajstić information content (AvgIpc) is 2.68. The SMILES string of the molecule is CC(C)C(Cc1ncco1)C(C)C.CS. The monoisotopic (exact) mass is 229 g/mol. The minimum absolute atomic E-state index is 0.665. The number of thiol groups is 1. The zero-order chi connectivity index (χ0) is 11.8. The van der Waals surface area contributed by atoms with Crippen molar-refractivity contribution in [3.8, 4) is 0 Å². The van der Waals surface area contributed by atoms with E-state index >= 15 is 0 Å². The summed E-state index contributed by atoms with van der Waals surface area (Å²) in [6, 6.07) is 0. The maximum absolute atomic E-state index is 5.25. The molecule has 1 aromatic heterocycles. The van der Waals surface area contributed by atoms with E-state index in [1.807, 2.05) is 0 Å². The van der Waals surface area contributed by atoms with E-state index in [2.05, 4.69) is 45.3 Å². The lowest BCUT2D eigenvalue weighted by molar-refractivity contribution is 0.265. The molecule has 1 aromatic rings. The van der Waals surface area contributed by atoms with Crippen LogP contribution in [0.5, 0.6) is 0 Å². The highest BCUT2D eigenvalue weighted by molar-refractivity contribution is 7.79. The van der Waals surface area contributed by atoms with Crippen LogP contribution in [0.3, 0.4) is 0 Å². The number of oxazole rings is 1. The highest BCUT2D eigenvalue weighted by Crippen LogP contribution is 2.24. The van der Waals surface area contributed by atoms with E-state index in [-0.39, 0.29) is 0 Å². The van der Waals surface area contributed by atoms with Gasteiger partial charge in [0, 0.05) is 6.42 Å². The van der Waals surface area contributed by atoms with E-state index in [9.17, 15) is 0 Å². The Labute approximate surface area is 98.9 Å². The van der Waals surface area contributed by atoms with Crippen molar-refractivity contribution in [2.45, 2.75) is 34.1 Å². The summed E-state index contributed by atoms with van der Waals surface area (Å²) in [5, 5.41) is 0. The molecular formula is C12H23NOS. The third-order valence-corrected chi connectivity index (χ3v) is 2.61. The van der Waals surface area contributed by atoms with Crippen molar-refractivity contribution < 1.29 is 4.42 Å². The molecule has 0 aromatic carbocycles. The van der Waals surface area contributed by atoms with Gasteiger partial charge in [0.25, 0.3) is 0 Å². The van der Waals surface area contributed by atoms with Crippen molar-refractivity contribution in [1.82, 2.24) is 4.98 Å². The van der Waals surface area contributed by atoms with Crippen molar-refractivity contribution in [3.05, 3.63) is 18.4 Å². The summed E-state index contributed by atoms with van der Waals surface area (Å²) in [7, 11) is 0. The molecule has 0 unspecified atom stereocenters. The molecule has 1 heterocycles. The summed E-state index contributed by atoms with van der Waals surface area (Å²) in [4.78, 5) is 4.15. The molecule has 0 aliphatic heterocycles. The number of rotatable bonds is 4. The maximum atomic E-state index is 5.25. The Morgan fingerprint density at radius 1 is 1.20 bits per heavy atom. The Hall–Kier alpha value is -0.440. The first kappa shape index (κ1) is 14.6. The minimum Gasteiger partial charge on any atom is -0.449 e. The fraction of sp³-hybridized carbons (Fsp3) is 0.750. The number of hydrogen-bond acceptors (Lipinski definition) is 3. The van der Waals surface area contributed by atoms with E-state index in [4.69, 9.17) is 4.42 Å². The Morgan fingerprint density at radius 2 is 1.73 bits per heavy atom. The second-order valence-electron chi connectivity index (χ2n) is 4.28. The minimum atomic E-state index is 0.665. The maximum Gasteiger partial charge on any atom is 0.194 e. The topological polar surface area (TPSA) is 26.0 Å². The fourth-order valence-electron chi connectivity index (χ4n) is 1.80. The quantitative estimate of drug-likeness (QED) is 0.797. The van der Waals surface area contributed by atoms with Gasteiger partial charge in [-0.15, -0.1) is 0 Å². The largest absolute Gasteiger partial charge is 0.449 e. The van der Waals surface area contributed by atoms with Gasteiger partial charge in [0.05, 0.1) is 6.20 Å². The van der Waals surface area contributed by atoms with Crippen LogP contribution in [0.2, 0.25) is 0 Å². The van der Waals surface area contributed by atoms with Crippen LogP contribution >= 0.6 is 12.6 Å². The van der Waals surface area contributed by atoms with Crippen LogP contribution in [0.1, 0.15) is 33.6 Å². The van der Waals surface area contributed by atoms with Gasteiger partial charge in [0.1, 0.15) is 6.26 Å². The summed E-state index contributed by atoms with van der Waals surface area (Å²) in [6.07, 6.45) is 6.02. The predicted molar refractivity (Wildman–Crippen MR) is 68.3 cm³/mol. The molecule has 0 aliphatic rings. The van der Waals surface area contributed by atoms with Gasteiger partial charge in [-0.3, -0.25) is 0 Å². The van der Waals surface area contributed by atoms with Crippen LogP contribution in [0, 0.1) is 17.8 Å². The smallest absolute Gasteiger partial charge is 0.194 e. The molecule has 0 saturated carbocycles. The van der Waals surface area contributed by atoms with Crippen LogP contribution in [0.15, 0.2) is 16.9 Å². The van der Waals surface area contributed by atoms with Crippen LogP contribution in [-0.4, -0.2) is 11.2 Å². The average molecular weight is 229 g/mol. The molecule has 0 radical (unpaired) electrons. The molecule has 3 heteroatoms. The highest BCUT2D eigenvalue weighted by Gasteiger charge is 2.19. The Balaban J connectivity index is 0.000000921. The molecule has 0 N–H and O–H groups in total. The zero-order valence-corrected chi connectivity index (χ0v) is 11.3. The van der Waals surface area contributed by atoms with Crippen molar-refractivity contribution in [2.75, 3.05) is 6.26 Å². The summed E-state index contributed by atoms with van der Waals surface area (Å²) in [5.41, 5.74) is 0. The molecule has 2 nitrogen and oxygen atoms in total. The lowest BCUT2D eigenvalue weighted by atomic mass is 9.83. The van der Waals surface area contributed by atoms with Crippen LogP contribution in [0.4, 0.5) is 0 Å². The molecule has 0 fully saturated rings. The van der Waals surface area contributed by atoms with Gasteiger partial charge in [0.2, 0.25) is 0 Å². The van der Waals surface area contributed by atoms with Crippen molar-refractivity contribution >= 4 is 12.6 Å². The number of nitrogens with zero attached hydrogens (tertiary/aromatic N) is 1. The highest BCUT2D eigenvalue weighted by atomic mass is 32.1. The van der Waals surface area contributed by atoms with Gasteiger partial charge in [-0.05, 0) is 24.0 Å². The molecule has 0 amide bonds. The second kappa shape index (κ2) is 7.80. The molecule has 88 valence electrons. The Bertz CT molecular complexity index is 224. The third kappa shape index (κ3) is 5.26. The standard InChI is InChI=1S/C11H19NO.CH4S/c1-8(2)10(9(3)4)7-11-12-5-6-13-11;1-2/h5-6,8-10H,7H2,1-4H3;2H,1H3. The van der Waals surface area contributed by atoms with Crippen LogP contribution in [-0.2, 0) is 6.42 Å². The van der Waals surface area contributed by atoms with Crippen LogP contribution < -0.4 is 0 Å². The first-order valence-electron chi connectivity index (χ1n) is 5.44. The lowest BCUT2D eigenvalue weighted by Gasteiger charge is -2.23. The van der Waals surface area contributed by atoms with E-state index in [1.54, 1.807) is 18.7 Å². The summed E-state index contributed by atoms with van der Waals surface area (Å²) >= 11 is 3.53. The molecule has 0 aliphatic carbocycles. The van der Waals surface area contributed by atoms with Crippen molar-refractivity contribution in [2.24, 2.45) is 17.8 Å². The third-order valence-electron chi connectivity index (χ3n) is 2.61. The molecule has 15 heavy (non-hydrogen) atoms. The second-order valence-corrected chi connectivity index (χ2v) is 4.28. The molecular weight excluding hydrogens is 206 g/mol. The summed E-state index contributed by atoms with van der Waals surface area (Å²) in [5.74, 6) is 2.91.